The van der Waals surface area contributed by atoms with E-state index in [1.807, 2.05) is 0 Å². The molecule has 3 nitrogen and oxygen atoms in total. The van der Waals surface area contributed by atoms with Gasteiger partial charge in [-0.1, -0.05) is 6.07 Å². The molecule has 1 rings (SSSR count). The topological polar surface area (TPSA) is 54.4 Å². The van der Waals surface area contributed by atoms with Crippen molar-refractivity contribution in [2.75, 3.05) is 0 Å². The van der Waals surface area contributed by atoms with Crippen molar-refractivity contribution in [3.8, 4) is 0 Å². The number of carbonyl (C=O) groups excluding carboxylic acids is 1. The van der Waals surface area contributed by atoms with Crippen LogP contribution in [0.25, 0.3) is 0 Å². The Morgan fingerprint density at radius 1 is 1.12 bits per heavy atom. The third kappa shape index (κ3) is 2.82. The summed E-state index contributed by atoms with van der Waals surface area (Å²) in [4.78, 5) is 21.2. The van der Waals surface area contributed by atoms with Gasteiger partial charge in [0.15, 0.2) is 17.5 Å². The van der Waals surface area contributed by atoms with Crippen LogP contribution in [-0.4, -0.2) is 16.9 Å². The maximum atomic E-state index is 13.0. The number of hydrogen-bond acceptors (Lipinski definition) is 2. The fraction of sp³-hybridized carbons (Fsp3) is 0.200. The molecule has 1 N–H and O–H groups in total. The highest BCUT2D eigenvalue weighted by atomic mass is 19.2. The fourth-order valence-corrected chi connectivity index (χ4v) is 1.15. The van der Waals surface area contributed by atoms with Crippen molar-refractivity contribution in [2.45, 2.75) is 12.8 Å². The molecule has 0 aliphatic heterocycles. The summed E-state index contributed by atoms with van der Waals surface area (Å²) in [5.74, 6) is -6.61. The summed E-state index contributed by atoms with van der Waals surface area (Å²) < 4.78 is 38.3. The molecule has 1 aromatic rings. The third-order valence-corrected chi connectivity index (χ3v) is 1.85. The van der Waals surface area contributed by atoms with E-state index in [4.69, 9.17) is 5.11 Å². The van der Waals surface area contributed by atoms with Crippen LogP contribution in [0.15, 0.2) is 12.1 Å². The molecule has 86 valence electrons. The molecule has 0 atom stereocenters. The number of halogens is 3. The maximum absolute atomic E-state index is 13.0. The van der Waals surface area contributed by atoms with Gasteiger partial charge in [0.05, 0.1) is 0 Å². The summed E-state index contributed by atoms with van der Waals surface area (Å²) in [6.07, 6.45) is -1.35. The zero-order valence-electron chi connectivity index (χ0n) is 7.97. The van der Waals surface area contributed by atoms with Crippen molar-refractivity contribution < 1.29 is 27.9 Å². The summed E-state index contributed by atoms with van der Waals surface area (Å²) in [5, 5.41) is 8.28. The van der Waals surface area contributed by atoms with E-state index in [0.717, 1.165) is 6.07 Å². The summed E-state index contributed by atoms with van der Waals surface area (Å²) >= 11 is 0. The molecule has 0 aromatic heterocycles. The number of aliphatic carboxylic acids is 1. The van der Waals surface area contributed by atoms with Gasteiger partial charge in [-0.25, -0.2) is 13.2 Å². The van der Waals surface area contributed by atoms with Crippen LogP contribution in [-0.2, 0) is 16.0 Å². The van der Waals surface area contributed by atoms with Crippen molar-refractivity contribution >= 4 is 11.8 Å². The molecular formula is C10H7F3O3. The molecule has 0 saturated carbocycles. The zero-order valence-corrected chi connectivity index (χ0v) is 7.97. The fourth-order valence-electron chi connectivity index (χ4n) is 1.15. The molecule has 16 heavy (non-hydrogen) atoms. The van der Waals surface area contributed by atoms with E-state index in [-0.39, 0.29) is 5.56 Å². The van der Waals surface area contributed by atoms with E-state index in [9.17, 15) is 22.8 Å². The Hall–Kier alpha value is -1.85. The van der Waals surface area contributed by atoms with Crippen LogP contribution in [0.3, 0.4) is 0 Å². The van der Waals surface area contributed by atoms with Gasteiger partial charge in [-0.2, -0.15) is 0 Å². The Labute approximate surface area is 88.5 Å². The van der Waals surface area contributed by atoms with Gasteiger partial charge in [-0.3, -0.25) is 9.59 Å². The second-order valence-corrected chi connectivity index (χ2v) is 3.12. The molecule has 0 aliphatic rings. The Balaban J connectivity index is 2.86. The van der Waals surface area contributed by atoms with Crippen molar-refractivity contribution in [3.05, 3.63) is 35.1 Å². The lowest BCUT2D eigenvalue weighted by Crippen LogP contribution is -2.11. The molecule has 0 fully saturated rings. The molecule has 0 radical (unpaired) electrons. The second-order valence-electron chi connectivity index (χ2n) is 3.12. The first-order chi connectivity index (χ1) is 7.41. The summed E-state index contributed by atoms with van der Waals surface area (Å²) in [7, 11) is 0. The van der Waals surface area contributed by atoms with Gasteiger partial charge in [-0.15, -0.1) is 0 Å². The van der Waals surface area contributed by atoms with Crippen LogP contribution in [0, 0.1) is 17.5 Å². The molecule has 0 heterocycles. The number of carboxylic acid groups (broad SMARTS) is 1. The Kier molecular flexibility index (Phi) is 3.65. The van der Waals surface area contributed by atoms with E-state index >= 15 is 0 Å². The van der Waals surface area contributed by atoms with E-state index < -0.39 is 42.0 Å². The number of ketones is 1. The van der Waals surface area contributed by atoms with Gasteiger partial charge in [0.2, 0.25) is 0 Å². The van der Waals surface area contributed by atoms with Crippen molar-refractivity contribution in [1.82, 2.24) is 0 Å². The van der Waals surface area contributed by atoms with E-state index in [0.29, 0.717) is 6.07 Å². The third-order valence-electron chi connectivity index (χ3n) is 1.85. The number of Topliss-reactive ketones (excluding diaryl/α,β-unsaturated/α-hetero) is 1. The average molecular weight is 232 g/mol. The van der Waals surface area contributed by atoms with Crippen molar-refractivity contribution in [1.29, 1.82) is 0 Å². The molecule has 1 aromatic carbocycles. The van der Waals surface area contributed by atoms with Crippen LogP contribution in [0.1, 0.15) is 12.0 Å². The van der Waals surface area contributed by atoms with Gasteiger partial charge in [0, 0.05) is 6.42 Å². The highest BCUT2D eigenvalue weighted by molar-refractivity contribution is 5.95. The predicted molar refractivity (Wildman–Crippen MR) is 47.3 cm³/mol. The SMILES string of the molecule is O=C(O)CC(=O)Cc1ccc(F)c(F)c1F. The zero-order chi connectivity index (χ0) is 12.3. The first kappa shape index (κ1) is 12.2. The van der Waals surface area contributed by atoms with Gasteiger partial charge < -0.3 is 5.11 Å². The van der Waals surface area contributed by atoms with Crippen LogP contribution in [0.2, 0.25) is 0 Å². The molecule has 6 heteroatoms. The number of carboxylic acids is 1. The summed E-state index contributed by atoms with van der Waals surface area (Å²) in [6.45, 7) is 0. The number of carbonyl (C=O) groups is 2. The average Bonchev–Trinajstić information content (AvgIpc) is 2.18. The summed E-state index contributed by atoms with van der Waals surface area (Å²) in [6, 6.07) is 1.59. The lowest BCUT2D eigenvalue weighted by molar-refractivity contribution is -0.140. The van der Waals surface area contributed by atoms with E-state index in [1.54, 1.807) is 0 Å². The Morgan fingerprint density at radius 3 is 2.31 bits per heavy atom. The lowest BCUT2D eigenvalue weighted by atomic mass is 10.1. The van der Waals surface area contributed by atoms with Crippen molar-refractivity contribution in [2.24, 2.45) is 0 Å². The predicted octanol–water partition coefficient (Wildman–Crippen LogP) is 1.69. The molecule has 0 spiro atoms. The molecule has 0 aliphatic carbocycles. The highest BCUT2D eigenvalue weighted by Gasteiger charge is 2.16. The quantitative estimate of drug-likeness (QED) is 0.634. The number of rotatable bonds is 4. The Bertz CT molecular complexity index is 443. The first-order valence-electron chi connectivity index (χ1n) is 4.27. The molecule has 0 bridgehead atoms. The van der Waals surface area contributed by atoms with Gasteiger partial charge >= 0.3 is 5.97 Å². The standard InChI is InChI=1S/C10H7F3O3/c11-7-2-1-5(9(12)10(7)13)3-6(14)4-8(15)16/h1-2H,3-4H2,(H,15,16). The lowest BCUT2D eigenvalue weighted by Gasteiger charge is -2.02. The second kappa shape index (κ2) is 4.78. The monoisotopic (exact) mass is 232 g/mol. The van der Waals surface area contributed by atoms with Crippen LogP contribution < -0.4 is 0 Å². The van der Waals surface area contributed by atoms with Crippen molar-refractivity contribution in [3.63, 3.8) is 0 Å². The minimum atomic E-state index is -1.67. The van der Waals surface area contributed by atoms with E-state index in [1.165, 1.54) is 0 Å². The van der Waals surface area contributed by atoms with Crippen LogP contribution >= 0.6 is 0 Å². The molecule has 0 unspecified atom stereocenters. The first-order valence-corrected chi connectivity index (χ1v) is 4.27. The van der Waals surface area contributed by atoms with E-state index in [2.05, 4.69) is 0 Å². The number of benzene rings is 1. The number of hydrogen-bond donors (Lipinski definition) is 1. The minimum Gasteiger partial charge on any atom is -0.481 e. The van der Waals surface area contributed by atoms with Gasteiger partial charge in [0.25, 0.3) is 0 Å². The van der Waals surface area contributed by atoms with Crippen LogP contribution in [0.4, 0.5) is 13.2 Å². The largest absolute Gasteiger partial charge is 0.481 e. The van der Waals surface area contributed by atoms with Gasteiger partial charge in [-0.05, 0) is 11.6 Å². The maximum Gasteiger partial charge on any atom is 0.310 e. The minimum absolute atomic E-state index is 0.356. The smallest absolute Gasteiger partial charge is 0.310 e. The highest BCUT2D eigenvalue weighted by Crippen LogP contribution is 2.16. The Morgan fingerprint density at radius 2 is 1.75 bits per heavy atom. The van der Waals surface area contributed by atoms with Crippen LogP contribution in [0.5, 0.6) is 0 Å². The molecule has 0 amide bonds. The molecule has 0 saturated heterocycles. The van der Waals surface area contributed by atoms with Gasteiger partial charge in [0.1, 0.15) is 12.2 Å². The molecular weight excluding hydrogens is 225 g/mol. The summed E-state index contributed by atoms with van der Waals surface area (Å²) in [5.41, 5.74) is -0.356. The normalized spacial score (nSPS) is 10.2.